The lowest BCUT2D eigenvalue weighted by Gasteiger charge is -2.26. The summed E-state index contributed by atoms with van der Waals surface area (Å²) in [5, 5.41) is 2.88. The number of likely N-dealkylation sites (N-methyl/N-ethyl adjacent to an activating group) is 1. The molecule has 2 aromatic rings. The minimum Gasteiger partial charge on any atom is -0.495 e. The summed E-state index contributed by atoms with van der Waals surface area (Å²) in [5.74, 6) is -0.176. The van der Waals surface area contributed by atoms with Crippen LogP contribution in [0.4, 0.5) is 5.69 Å². The molecule has 0 fully saturated rings. The number of methoxy groups -OCH3 is 1. The van der Waals surface area contributed by atoms with Gasteiger partial charge in [0.15, 0.2) is 0 Å². The van der Waals surface area contributed by atoms with Crippen molar-refractivity contribution in [3.63, 3.8) is 0 Å². The number of benzene rings is 2. The third-order valence-corrected chi connectivity index (χ3v) is 6.74. The first-order valence-electron chi connectivity index (χ1n) is 9.70. The van der Waals surface area contributed by atoms with Crippen molar-refractivity contribution in [2.45, 2.75) is 31.7 Å². The molecule has 0 bridgehead atoms. The van der Waals surface area contributed by atoms with Gasteiger partial charge < -0.3 is 10.1 Å². The summed E-state index contributed by atoms with van der Waals surface area (Å²) in [7, 11) is -2.57. The van der Waals surface area contributed by atoms with Crippen LogP contribution in [0.1, 0.15) is 31.1 Å². The second-order valence-electron chi connectivity index (χ2n) is 6.76. The van der Waals surface area contributed by atoms with Crippen LogP contribution in [0.15, 0.2) is 51.8 Å². The molecule has 1 amide bonds. The van der Waals surface area contributed by atoms with E-state index < -0.39 is 10.0 Å². The predicted molar refractivity (Wildman–Crippen MR) is 123 cm³/mol. The van der Waals surface area contributed by atoms with Crippen LogP contribution in [0, 0.1) is 0 Å². The van der Waals surface area contributed by atoms with E-state index in [2.05, 4.69) is 44.7 Å². The normalized spacial score (nSPS) is 12.5. The highest BCUT2D eigenvalue weighted by molar-refractivity contribution is 9.10. The Morgan fingerprint density at radius 2 is 1.77 bits per heavy atom. The van der Waals surface area contributed by atoms with Crippen molar-refractivity contribution in [3.05, 3.63) is 52.5 Å². The molecular formula is C21H28BrN3O4S. The minimum atomic E-state index is -3.96. The number of halogens is 1. The molecule has 0 radical (unpaired) electrons. The van der Waals surface area contributed by atoms with Gasteiger partial charge in [-0.2, -0.15) is 0 Å². The maximum Gasteiger partial charge on any atom is 0.265 e. The van der Waals surface area contributed by atoms with Gasteiger partial charge in [-0.3, -0.25) is 14.4 Å². The van der Waals surface area contributed by atoms with Gasteiger partial charge in [0.05, 0.1) is 7.11 Å². The van der Waals surface area contributed by atoms with Crippen molar-refractivity contribution in [3.8, 4) is 5.75 Å². The fourth-order valence-corrected chi connectivity index (χ4v) is 4.59. The van der Waals surface area contributed by atoms with Gasteiger partial charge in [0, 0.05) is 28.3 Å². The zero-order valence-electron chi connectivity index (χ0n) is 17.6. The molecule has 0 saturated carbocycles. The van der Waals surface area contributed by atoms with E-state index in [0.29, 0.717) is 12.2 Å². The summed E-state index contributed by atoms with van der Waals surface area (Å²) in [6.07, 6.45) is 0. The van der Waals surface area contributed by atoms with E-state index in [1.807, 2.05) is 6.92 Å². The van der Waals surface area contributed by atoms with Gasteiger partial charge in [0.25, 0.3) is 15.9 Å². The Morgan fingerprint density at radius 1 is 1.13 bits per heavy atom. The first-order chi connectivity index (χ1) is 14.2. The van der Waals surface area contributed by atoms with Gasteiger partial charge in [0.2, 0.25) is 0 Å². The molecule has 2 N–H and O–H groups in total. The molecule has 1 unspecified atom stereocenters. The predicted octanol–water partition coefficient (Wildman–Crippen LogP) is 3.72. The van der Waals surface area contributed by atoms with E-state index >= 15 is 0 Å². The van der Waals surface area contributed by atoms with Crippen LogP contribution >= 0.6 is 15.9 Å². The Labute approximate surface area is 187 Å². The second kappa shape index (κ2) is 10.8. The van der Waals surface area contributed by atoms with Crippen LogP contribution in [0.25, 0.3) is 0 Å². The lowest BCUT2D eigenvalue weighted by Crippen LogP contribution is -2.42. The Kier molecular flexibility index (Phi) is 8.69. The number of hydrogen-bond donors (Lipinski definition) is 2. The van der Waals surface area contributed by atoms with Gasteiger partial charge in [-0.25, -0.2) is 8.42 Å². The van der Waals surface area contributed by atoms with E-state index in [-0.39, 0.29) is 28.2 Å². The van der Waals surface area contributed by atoms with E-state index in [1.165, 1.54) is 19.2 Å². The van der Waals surface area contributed by atoms with Crippen molar-refractivity contribution in [1.29, 1.82) is 0 Å². The summed E-state index contributed by atoms with van der Waals surface area (Å²) in [6, 6.07) is 11.3. The molecule has 0 heterocycles. The summed E-state index contributed by atoms with van der Waals surface area (Å²) in [4.78, 5) is 14.8. The van der Waals surface area contributed by atoms with Crippen LogP contribution in [0.5, 0.6) is 5.75 Å². The van der Waals surface area contributed by atoms with Crippen LogP contribution in [-0.4, -0.2) is 52.0 Å². The van der Waals surface area contributed by atoms with Crippen molar-refractivity contribution in [1.82, 2.24) is 10.2 Å². The van der Waals surface area contributed by atoms with E-state index in [1.54, 1.807) is 30.3 Å². The molecule has 0 aliphatic rings. The molecule has 0 saturated heterocycles. The fraction of sp³-hybridized carbons (Fsp3) is 0.381. The lowest BCUT2D eigenvalue weighted by molar-refractivity contribution is 0.0937. The molecule has 30 heavy (non-hydrogen) atoms. The highest BCUT2D eigenvalue weighted by atomic mass is 79.9. The van der Waals surface area contributed by atoms with Crippen LogP contribution < -0.4 is 14.8 Å². The maximum absolute atomic E-state index is 12.9. The molecular weight excluding hydrogens is 470 g/mol. The number of carbonyl (C=O) groups is 1. The highest BCUT2D eigenvalue weighted by Gasteiger charge is 2.22. The smallest absolute Gasteiger partial charge is 0.265 e. The van der Waals surface area contributed by atoms with Crippen LogP contribution in [0.2, 0.25) is 0 Å². The van der Waals surface area contributed by atoms with E-state index in [9.17, 15) is 13.2 Å². The molecule has 0 aliphatic carbocycles. The fourth-order valence-electron chi connectivity index (χ4n) is 3.07. The SMILES string of the molecule is CCN(CC)C(C)CNC(=O)c1ccc(OC)c(S(=O)(=O)Nc2ccc(Br)cc2)c1. The molecule has 164 valence electrons. The summed E-state index contributed by atoms with van der Waals surface area (Å²) < 4.78 is 34.4. The molecule has 2 rings (SSSR count). The number of amides is 1. The molecule has 0 spiro atoms. The average molecular weight is 498 g/mol. The van der Waals surface area contributed by atoms with E-state index in [0.717, 1.165) is 17.6 Å². The van der Waals surface area contributed by atoms with Crippen LogP contribution in [-0.2, 0) is 10.0 Å². The molecule has 0 aromatic heterocycles. The van der Waals surface area contributed by atoms with Gasteiger partial charge in [0.1, 0.15) is 10.6 Å². The molecule has 0 aliphatic heterocycles. The summed E-state index contributed by atoms with van der Waals surface area (Å²) >= 11 is 3.32. The first kappa shape index (κ1) is 24.2. The first-order valence-corrected chi connectivity index (χ1v) is 12.0. The summed E-state index contributed by atoms with van der Waals surface area (Å²) in [6.45, 7) is 8.42. The average Bonchev–Trinajstić information content (AvgIpc) is 2.73. The Hall–Kier alpha value is -2.10. The standard InChI is InChI=1S/C21H28BrN3O4S/c1-5-25(6-2)15(3)14-23-21(26)16-7-12-19(29-4)20(13-16)30(27,28)24-18-10-8-17(22)9-11-18/h7-13,15,24H,5-6,14H2,1-4H3,(H,23,26). The van der Waals surface area contributed by atoms with Gasteiger partial charge in [-0.1, -0.05) is 29.8 Å². The number of hydrogen-bond acceptors (Lipinski definition) is 5. The molecule has 7 nitrogen and oxygen atoms in total. The van der Waals surface area contributed by atoms with Crippen molar-refractivity contribution in [2.24, 2.45) is 0 Å². The molecule has 9 heteroatoms. The number of sulfonamides is 1. The lowest BCUT2D eigenvalue weighted by atomic mass is 10.2. The second-order valence-corrected chi connectivity index (χ2v) is 9.32. The quantitative estimate of drug-likeness (QED) is 0.522. The minimum absolute atomic E-state index is 0.0997. The summed E-state index contributed by atoms with van der Waals surface area (Å²) in [5.41, 5.74) is 0.655. The zero-order valence-corrected chi connectivity index (χ0v) is 20.0. The van der Waals surface area contributed by atoms with Gasteiger partial charge in [-0.15, -0.1) is 0 Å². The van der Waals surface area contributed by atoms with E-state index in [4.69, 9.17) is 4.74 Å². The zero-order chi connectivity index (χ0) is 22.3. The topological polar surface area (TPSA) is 87.7 Å². The monoisotopic (exact) mass is 497 g/mol. The van der Waals surface area contributed by atoms with Crippen molar-refractivity contribution >= 4 is 37.5 Å². The van der Waals surface area contributed by atoms with Gasteiger partial charge in [-0.05, 0) is 62.5 Å². The molecule has 1 atom stereocenters. The third kappa shape index (κ3) is 6.20. The number of rotatable bonds is 10. The van der Waals surface area contributed by atoms with Crippen LogP contribution in [0.3, 0.4) is 0 Å². The Bertz CT molecular complexity index is 961. The molecule has 2 aromatic carbocycles. The number of nitrogens with one attached hydrogen (secondary N) is 2. The third-order valence-electron chi connectivity index (χ3n) is 4.81. The van der Waals surface area contributed by atoms with Crippen molar-refractivity contribution in [2.75, 3.05) is 31.5 Å². The largest absolute Gasteiger partial charge is 0.495 e. The Balaban J connectivity index is 2.23. The number of anilines is 1. The van der Waals surface area contributed by atoms with Gasteiger partial charge >= 0.3 is 0 Å². The highest BCUT2D eigenvalue weighted by Crippen LogP contribution is 2.27. The number of ether oxygens (including phenoxy) is 1. The number of carbonyl (C=O) groups excluding carboxylic acids is 1. The van der Waals surface area contributed by atoms with Crippen molar-refractivity contribution < 1.29 is 17.9 Å². The number of nitrogens with zero attached hydrogens (tertiary/aromatic N) is 1. The maximum atomic E-state index is 12.9. The Morgan fingerprint density at radius 3 is 2.33 bits per heavy atom.